The van der Waals surface area contributed by atoms with Crippen molar-refractivity contribution in [3.63, 3.8) is 0 Å². The molecule has 1 aromatic carbocycles. The summed E-state index contributed by atoms with van der Waals surface area (Å²) in [5.74, 6) is -0.684. The van der Waals surface area contributed by atoms with Crippen molar-refractivity contribution in [2.24, 2.45) is 0 Å². The Kier molecular flexibility index (Phi) is 3.10. The van der Waals surface area contributed by atoms with Crippen molar-refractivity contribution in [2.75, 3.05) is 6.61 Å². The fourth-order valence-electron chi connectivity index (χ4n) is 2.37. The minimum absolute atomic E-state index is 0.148. The zero-order valence-electron chi connectivity index (χ0n) is 11.1. The van der Waals surface area contributed by atoms with Crippen LogP contribution in [-0.2, 0) is 9.53 Å². The van der Waals surface area contributed by atoms with Crippen molar-refractivity contribution in [1.82, 2.24) is 9.55 Å². The number of nitrogens with one attached hydrogen (secondary N) is 1. The third-order valence-electron chi connectivity index (χ3n) is 3.48. The lowest BCUT2D eigenvalue weighted by molar-refractivity contribution is -0.153. The second-order valence-electron chi connectivity index (χ2n) is 4.96. The predicted octanol–water partition coefficient (Wildman–Crippen LogP) is 1.26. The van der Waals surface area contributed by atoms with Crippen molar-refractivity contribution in [3.8, 4) is 0 Å². The maximum Gasteiger partial charge on any atom is 0.339 e. The lowest BCUT2D eigenvalue weighted by Crippen LogP contribution is -2.15. The molecule has 1 aliphatic rings. The molecule has 106 valence electrons. The molecule has 3 rings (SSSR count). The molecule has 0 amide bonds. The van der Waals surface area contributed by atoms with E-state index in [2.05, 4.69) is 4.98 Å². The van der Waals surface area contributed by atoms with Gasteiger partial charge in [0, 0.05) is 6.04 Å². The number of hydrogen-bond acceptors (Lipinski definition) is 4. The second-order valence-corrected chi connectivity index (χ2v) is 4.96. The first kappa shape index (κ1) is 12.9. The molecule has 0 aliphatic heterocycles. The topological polar surface area (TPSA) is 84.3 Å². The minimum atomic E-state index is -1.33. The number of ether oxygens (including phenoxy) is 1. The van der Waals surface area contributed by atoms with Crippen LogP contribution in [0.3, 0.4) is 0 Å². The van der Waals surface area contributed by atoms with Gasteiger partial charge >= 0.3 is 11.7 Å². The van der Waals surface area contributed by atoms with E-state index in [1.165, 1.54) is 0 Å². The molecule has 0 bridgehead atoms. The number of carbonyl (C=O) groups excluding carboxylic acids is 1. The van der Waals surface area contributed by atoms with E-state index in [4.69, 9.17) is 4.74 Å². The van der Waals surface area contributed by atoms with Crippen LogP contribution in [-0.4, -0.2) is 27.2 Å². The number of nitrogens with zero attached hydrogens (tertiary/aromatic N) is 1. The molecule has 0 saturated heterocycles. The number of imidazole rings is 1. The van der Waals surface area contributed by atoms with Gasteiger partial charge in [-0.15, -0.1) is 0 Å². The zero-order chi connectivity index (χ0) is 14.3. The molecular weight excluding hydrogens is 260 g/mol. The molecule has 6 heteroatoms. The van der Waals surface area contributed by atoms with Crippen LogP contribution >= 0.6 is 0 Å². The number of aliphatic hydroxyl groups excluding tert-OH is 1. The van der Waals surface area contributed by atoms with E-state index < -0.39 is 12.1 Å². The Morgan fingerprint density at radius 3 is 2.95 bits per heavy atom. The highest BCUT2D eigenvalue weighted by Gasteiger charge is 2.27. The SMILES string of the molecule is CCOC(=O)C(O)c1ccc2c(c1)[nH]c(=O)n2C1CC1. The van der Waals surface area contributed by atoms with Crippen molar-refractivity contribution in [2.45, 2.75) is 31.9 Å². The molecular formula is C14H16N2O4. The number of esters is 1. The highest BCUT2D eigenvalue weighted by molar-refractivity contribution is 5.81. The Bertz CT molecular complexity index is 712. The highest BCUT2D eigenvalue weighted by atomic mass is 16.5. The standard InChI is InChI=1S/C14H16N2O4/c1-2-20-13(18)12(17)8-3-6-11-10(7-8)15-14(19)16(11)9-4-5-9/h3,6-7,9,12,17H,2,4-5H2,1H3,(H,15,19). The van der Waals surface area contributed by atoms with Gasteiger partial charge in [-0.1, -0.05) is 6.07 Å². The summed E-state index contributed by atoms with van der Waals surface area (Å²) in [7, 11) is 0. The van der Waals surface area contributed by atoms with E-state index in [1.807, 2.05) is 0 Å². The Labute approximate surface area is 115 Å². The van der Waals surface area contributed by atoms with Gasteiger partial charge in [-0.3, -0.25) is 4.57 Å². The number of hydrogen-bond donors (Lipinski definition) is 2. The minimum Gasteiger partial charge on any atom is -0.464 e. The molecule has 2 N–H and O–H groups in total. The van der Waals surface area contributed by atoms with E-state index in [-0.39, 0.29) is 18.3 Å². The summed E-state index contributed by atoms with van der Waals surface area (Å²) in [6.07, 6.45) is 0.701. The van der Waals surface area contributed by atoms with Crippen LogP contribution in [0.2, 0.25) is 0 Å². The molecule has 2 aromatic rings. The largest absolute Gasteiger partial charge is 0.464 e. The maximum atomic E-state index is 11.9. The molecule has 1 aliphatic carbocycles. The lowest BCUT2D eigenvalue weighted by Gasteiger charge is -2.10. The number of aliphatic hydroxyl groups is 1. The number of aromatic nitrogens is 2. The second kappa shape index (κ2) is 4.79. The van der Waals surface area contributed by atoms with E-state index in [0.717, 1.165) is 18.4 Å². The van der Waals surface area contributed by atoms with Gasteiger partial charge in [0.1, 0.15) is 0 Å². The van der Waals surface area contributed by atoms with Crippen LogP contribution in [0.1, 0.15) is 37.5 Å². The fraction of sp³-hybridized carbons (Fsp3) is 0.429. The molecule has 0 spiro atoms. The Morgan fingerprint density at radius 2 is 2.30 bits per heavy atom. The molecule has 1 saturated carbocycles. The normalized spacial score (nSPS) is 16.3. The van der Waals surface area contributed by atoms with E-state index in [0.29, 0.717) is 11.1 Å². The van der Waals surface area contributed by atoms with Crippen molar-refractivity contribution >= 4 is 17.0 Å². The molecule has 6 nitrogen and oxygen atoms in total. The lowest BCUT2D eigenvalue weighted by atomic mass is 10.1. The molecule has 1 unspecified atom stereocenters. The number of aromatic amines is 1. The van der Waals surface area contributed by atoms with Gasteiger partial charge in [-0.2, -0.15) is 0 Å². The van der Waals surface area contributed by atoms with Crippen LogP contribution in [0, 0.1) is 0 Å². The first-order valence-electron chi connectivity index (χ1n) is 6.70. The quantitative estimate of drug-likeness (QED) is 0.823. The van der Waals surface area contributed by atoms with Crippen LogP contribution in [0.5, 0.6) is 0 Å². The number of carbonyl (C=O) groups is 1. The van der Waals surface area contributed by atoms with Gasteiger partial charge in [-0.25, -0.2) is 9.59 Å². The third kappa shape index (κ3) is 2.12. The number of fused-ring (bicyclic) bond motifs is 1. The summed E-state index contributed by atoms with van der Waals surface area (Å²) in [5, 5.41) is 9.90. The summed E-state index contributed by atoms with van der Waals surface area (Å²) < 4.78 is 6.51. The van der Waals surface area contributed by atoms with Gasteiger partial charge < -0.3 is 14.8 Å². The first-order chi connectivity index (χ1) is 9.61. The van der Waals surface area contributed by atoms with Gasteiger partial charge in [-0.05, 0) is 37.5 Å². The molecule has 1 aromatic heterocycles. The fourth-order valence-corrected chi connectivity index (χ4v) is 2.37. The van der Waals surface area contributed by atoms with Crippen molar-refractivity contribution in [3.05, 3.63) is 34.2 Å². The van der Waals surface area contributed by atoms with E-state index >= 15 is 0 Å². The van der Waals surface area contributed by atoms with E-state index in [1.54, 1.807) is 29.7 Å². The zero-order valence-corrected chi connectivity index (χ0v) is 11.1. The average Bonchev–Trinajstić information content (AvgIpc) is 3.20. The molecule has 1 atom stereocenters. The van der Waals surface area contributed by atoms with Gasteiger partial charge in [0.2, 0.25) is 0 Å². The van der Waals surface area contributed by atoms with Crippen LogP contribution in [0.4, 0.5) is 0 Å². The van der Waals surface area contributed by atoms with Crippen molar-refractivity contribution < 1.29 is 14.6 Å². The van der Waals surface area contributed by atoms with Gasteiger partial charge in [0.15, 0.2) is 6.10 Å². The summed E-state index contributed by atoms with van der Waals surface area (Å²) in [4.78, 5) is 26.2. The third-order valence-corrected chi connectivity index (χ3v) is 3.48. The Balaban J connectivity index is 1.99. The molecule has 1 fully saturated rings. The van der Waals surface area contributed by atoms with Crippen LogP contribution in [0.25, 0.3) is 11.0 Å². The first-order valence-corrected chi connectivity index (χ1v) is 6.70. The Morgan fingerprint density at radius 1 is 1.55 bits per heavy atom. The number of H-pyrrole nitrogens is 1. The maximum absolute atomic E-state index is 11.9. The molecule has 1 heterocycles. The number of benzene rings is 1. The van der Waals surface area contributed by atoms with Gasteiger partial charge in [0.25, 0.3) is 0 Å². The van der Waals surface area contributed by atoms with Crippen molar-refractivity contribution in [1.29, 1.82) is 0 Å². The van der Waals surface area contributed by atoms with Crippen LogP contribution < -0.4 is 5.69 Å². The summed E-state index contributed by atoms with van der Waals surface area (Å²) in [6, 6.07) is 5.30. The summed E-state index contributed by atoms with van der Waals surface area (Å²) >= 11 is 0. The Hall–Kier alpha value is -2.08. The monoisotopic (exact) mass is 276 g/mol. The average molecular weight is 276 g/mol. The molecule has 0 radical (unpaired) electrons. The highest BCUT2D eigenvalue weighted by Crippen LogP contribution is 2.36. The smallest absolute Gasteiger partial charge is 0.339 e. The molecule has 20 heavy (non-hydrogen) atoms. The van der Waals surface area contributed by atoms with E-state index in [9.17, 15) is 14.7 Å². The summed E-state index contributed by atoms with van der Waals surface area (Å²) in [6.45, 7) is 1.90. The summed E-state index contributed by atoms with van der Waals surface area (Å²) in [5.41, 5.74) is 1.70. The predicted molar refractivity (Wildman–Crippen MR) is 72.4 cm³/mol. The van der Waals surface area contributed by atoms with Crippen LogP contribution in [0.15, 0.2) is 23.0 Å². The number of rotatable bonds is 4. The van der Waals surface area contributed by atoms with Gasteiger partial charge in [0.05, 0.1) is 17.6 Å².